The average Bonchev–Trinajstić information content (AvgIpc) is 2.72. The standard InChI is InChI=1S/C14H15F3N2O2/c1-13(2)19(7-11(8-20)21-13)10-4-3-9(6-18)12(5-10)14(15,16)17/h3-5,11,20H,7-8H2,1-2H3. The summed E-state index contributed by atoms with van der Waals surface area (Å²) in [5.41, 5.74) is -1.90. The highest BCUT2D eigenvalue weighted by Crippen LogP contribution is 2.38. The summed E-state index contributed by atoms with van der Waals surface area (Å²) in [5.74, 6) is 0. The molecule has 4 nitrogen and oxygen atoms in total. The first kappa shape index (κ1) is 15.6. The van der Waals surface area contributed by atoms with Gasteiger partial charge in [0.2, 0.25) is 0 Å². The highest BCUT2D eigenvalue weighted by atomic mass is 19.4. The van der Waals surface area contributed by atoms with Gasteiger partial charge in [0.05, 0.1) is 23.8 Å². The topological polar surface area (TPSA) is 56.5 Å². The molecule has 0 radical (unpaired) electrons. The number of hydrogen-bond acceptors (Lipinski definition) is 4. The third-order valence-electron chi connectivity index (χ3n) is 3.44. The Morgan fingerprint density at radius 1 is 1.48 bits per heavy atom. The van der Waals surface area contributed by atoms with E-state index in [1.807, 2.05) is 0 Å². The van der Waals surface area contributed by atoms with Crippen LogP contribution >= 0.6 is 0 Å². The average molecular weight is 300 g/mol. The van der Waals surface area contributed by atoms with Gasteiger partial charge < -0.3 is 14.7 Å². The molecule has 0 bridgehead atoms. The minimum atomic E-state index is -4.60. The molecule has 21 heavy (non-hydrogen) atoms. The molecule has 1 saturated heterocycles. The molecular formula is C14H15F3N2O2. The lowest BCUT2D eigenvalue weighted by Crippen LogP contribution is -2.39. The minimum absolute atomic E-state index is 0.206. The fourth-order valence-electron chi connectivity index (χ4n) is 2.48. The first-order valence-electron chi connectivity index (χ1n) is 6.36. The lowest BCUT2D eigenvalue weighted by molar-refractivity contribution is -0.137. The van der Waals surface area contributed by atoms with Crippen molar-refractivity contribution in [1.82, 2.24) is 0 Å². The molecule has 0 aromatic heterocycles. The Kier molecular flexibility index (Phi) is 3.87. The SMILES string of the molecule is CC1(C)OC(CO)CN1c1ccc(C#N)c(C(F)(F)F)c1. The van der Waals surface area contributed by atoms with E-state index in [-0.39, 0.29) is 13.2 Å². The number of hydrogen-bond donors (Lipinski definition) is 1. The predicted molar refractivity (Wildman–Crippen MR) is 69.5 cm³/mol. The van der Waals surface area contributed by atoms with Crippen LogP contribution in [-0.2, 0) is 10.9 Å². The van der Waals surface area contributed by atoms with E-state index in [9.17, 15) is 13.2 Å². The molecule has 0 saturated carbocycles. The van der Waals surface area contributed by atoms with Gasteiger partial charge in [0.1, 0.15) is 11.8 Å². The molecule has 1 aliphatic heterocycles. The zero-order chi connectivity index (χ0) is 15.8. The third-order valence-corrected chi connectivity index (χ3v) is 3.44. The fourth-order valence-corrected chi connectivity index (χ4v) is 2.48. The Morgan fingerprint density at radius 3 is 2.62 bits per heavy atom. The number of nitrogens with zero attached hydrogens (tertiary/aromatic N) is 2. The van der Waals surface area contributed by atoms with Crippen molar-refractivity contribution in [3.05, 3.63) is 29.3 Å². The minimum Gasteiger partial charge on any atom is -0.394 e. The first-order valence-corrected chi connectivity index (χ1v) is 6.36. The van der Waals surface area contributed by atoms with Crippen LogP contribution in [0, 0.1) is 11.3 Å². The van der Waals surface area contributed by atoms with E-state index < -0.39 is 29.1 Å². The first-order chi connectivity index (χ1) is 9.69. The van der Waals surface area contributed by atoms with Crippen molar-refractivity contribution in [3.63, 3.8) is 0 Å². The Labute approximate surface area is 120 Å². The molecule has 1 aliphatic rings. The van der Waals surface area contributed by atoms with Crippen molar-refractivity contribution >= 4 is 5.69 Å². The summed E-state index contributed by atoms with van der Waals surface area (Å²) in [4.78, 5) is 1.64. The molecule has 1 heterocycles. The molecule has 0 spiro atoms. The van der Waals surface area contributed by atoms with E-state index >= 15 is 0 Å². The van der Waals surface area contributed by atoms with Crippen LogP contribution in [0.4, 0.5) is 18.9 Å². The van der Waals surface area contributed by atoms with E-state index in [1.54, 1.807) is 24.8 Å². The Bertz CT molecular complexity index is 579. The van der Waals surface area contributed by atoms with Gasteiger partial charge in [0, 0.05) is 12.2 Å². The van der Waals surface area contributed by atoms with Crippen molar-refractivity contribution in [3.8, 4) is 6.07 Å². The van der Waals surface area contributed by atoms with Gasteiger partial charge in [-0.15, -0.1) is 0 Å². The maximum Gasteiger partial charge on any atom is 0.417 e. The van der Waals surface area contributed by atoms with Crippen molar-refractivity contribution in [1.29, 1.82) is 5.26 Å². The molecule has 1 aromatic carbocycles. The van der Waals surface area contributed by atoms with Gasteiger partial charge in [-0.1, -0.05) is 0 Å². The number of halogens is 3. The van der Waals surface area contributed by atoms with E-state index in [4.69, 9.17) is 15.1 Å². The van der Waals surface area contributed by atoms with Crippen LogP contribution in [0.1, 0.15) is 25.0 Å². The van der Waals surface area contributed by atoms with Crippen LogP contribution in [0.3, 0.4) is 0 Å². The number of ether oxygens (including phenoxy) is 1. The third kappa shape index (κ3) is 2.96. The zero-order valence-corrected chi connectivity index (χ0v) is 11.6. The van der Waals surface area contributed by atoms with Crippen LogP contribution in [0.15, 0.2) is 18.2 Å². The van der Waals surface area contributed by atoms with Crippen LogP contribution in [0.25, 0.3) is 0 Å². The number of benzene rings is 1. The monoisotopic (exact) mass is 300 g/mol. The zero-order valence-electron chi connectivity index (χ0n) is 11.6. The molecule has 2 rings (SSSR count). The van der Waals surface area contributed by atoms with Crippen molar-refractivity contribution in [2.75, 3.05) is 18.1 Å². The van der Waals surface area contributed by atoms with E-state index in [1.165, 1.54) is 6.07 Å². The molecule has 1 fully saturated rings. The van der Waals surface area contributed by atoms with E-state index in [0.717, 1.165) is 12.1 Å². The second-order valence-electron chi connectivity index (χ2n) is 5.32. The predicted octanol–water partition coefficient (Wildman–Crippen LogP) is 2.51. The van der Waals surface area contributed by atoms with Gasteiger partial charge in [-0.25, -0.2) is 0 Å². The Morgan fingerprint density at radius 2 is 2.14 bits per heavy atom. The van der Waals surface area contributed by atoms with Crippen LogP contribution in [-0.4, -0.2) is 30.1 Å². The smallest absolute Gasteiger partial charge is 0.394 e. The Hall–Kier alpha value is -1.78. The highest BCUT2D eigenvalue weighted by Gasteiger charge is 2.41. The molecule has 0 amide bonds. The lowest BCUT2D eigenvalue weighted by atomic mass is 10.1. The van der Waals surface area contributed by atoms with E-state index in [0.29, 0.717) is 5.69 Å². The van der Waals surface area contributed by atoms with Gasteiger partial charge >= 0.3 is 6.18 Å². The van der Waals surface area contributed by atoms with Crippen LogP contribution in [0.5, 0.6) is 0 Å². The van der Waals surface area contributed by atoms with Gasteiger partial charge in [0.15, 0.2) is 0 Å². The van der Waals surface area contributed by atoms with Crippen LogP contribution < -0.4 is 4.90 Å². The summed E-state index contributed by atoms with van der Waals surface area (Å²) in [7, 11) is 0. The number of nitriles is 1. The van der Waals surface area contributed by atoms with Crippen LogP contribution in [0.2, 0.25) is 0 Å². The highest BCUT2D eigenvalue weighted by molar-refractivity contribution is 5.56. The maximum atomic E-state index is 13.0. The Balaban J connectivity index is 2.44. The van der Waals surface area contributed by atoms with Crippen molar-refractivity contribution in [2.45, 2.75) is 31.9 Å². The van der Waals surface area contributed by atoms with Crippen molar-refractivity contribution < 1.29 is 23.0 Å². The molecular weight excluding hydrogens is 285 g/mol. The summed E-state index contributed by atoms with van der Waals surface area (Å²) in [6.45, 7) is 3.51. The number of alkyl halides is 3. The molecule has 1 aromatic rings. The number of anilines is 1. The number of aliphatic hydroxyl groups excluding tert-OH is 1. The quantitative estimate of drug-likeness (QED) is 0.912. The molecule has 7 heteroatoms. The second kappa shape index (κ2) is 5.20. The largest absolute Gasteiger partial charge is 0.417 e. The molecule has 1 unspecified atom stereocenters. The van der Waals surface area contributed by atoms with Gasteiger partial charge in [-0.05, 0) is 32.0 Å². The molecule has 0 aliphatic carbocycles. The number of rotatable bonds is 2. The van der Waals surface area contributed by atoms with E-state index in [2.05, 4.69) is 0 Å². The summed E-state index contributed by atoms with van der Waals surface area (Å²) in [6, 6.07) is 5.11. The summed E-state index contributed by atoms with van der Waals surface area (Å²) < 4.78 is 44.6. The second-order valence-corrected chi connectivity index (χ2v) is 5.32. The molecule has 1 atom stereocenters. The lowest BCUT2D eigenvalue weighted by Gasteiger charge is -2.32. The van der Waals surface area contributed by atoms with Gasteiger partial charge in [0.25, 0.3) is 0 Å². The summed E-state index contributed by atoms with van der Waals surface area (Å²) in [5, 5.41) is 18.0. The molecule has 1 N–H and O–H groups in total. The number of aliphatic hydroxyl groups is 1. The van der Waals surface area contributed by atoms with Gasteiger partial charge in [-0.2, -0.15) is 18.4 Å². The summed E-state index contributed by atoms with van der Waals surface area (Å²) in [6.07, 6.45) is -5.05. The maximum absolute atomic E-state index is 13.0. The summed E-state index contributed by atoms with van der Waals surface area (Å²) >= 11 is 0. The molecule has 114 valence electrons. The fraction of sp³-hybridized carbons (Fsp3) is 0.500. The van der Waals surface area contributed by atoms with Crippen molar-refractivity contribution in [2.24, 2.45) is 0 Å². The van der Waals surface area contributed by atoms with Gasteiger partial charge in [-0.3, -0.25) is 0 Å². The normalized spacial score (nSPS) is 21.4.